The summed E-state index contributed by atoms with van der Waals surface area (Å²) >= 11 is 0. The summed E-state index contributed by atoms with van der Waals surface area (Å²) in [5, 5.41) is 2.24. The molecule has 0 bridgehead atoms. The summed E-state index contributed by atoms with van der Waals surface area (Å²) < 4.78 is 5.22. The van der Waals surface area contributed by atoms with Gasteiger partial charge in [-0.25, -0.2) is 0 Å². The zero-order valence-electron chi connectivity index (χ0n) is 15.4. The summed E-state index contributed by atoms with van der Waals surface area (Å²) in [7, 11) is 1.67. The molecule has 0 N–H and O–H groups in total. The molecule has 1 amide bonds. The lowest BCUT2D eigenvalue weighted by atomic mass is 10.0. The second kappa shape index (κ2) is 8.84. The SMILES string of the molecule is C#CCN1CC[C@@H](CN(CCOC)C(=O)c2ccc3ccccc3c2)C1. The van der Waals surface area contributed by atoms with Crippen LogP contribution in [0.25, 0.3) is 10.8 Å². The lowest BCUT2D eigenvalue weighted by molar-refractivity contribution is 0.0664. The summed E-state index contributed by atoms with van der Waals surface area (Å²) in [5.74, 6) is 3.24. The van der Waals surface area contributed by atoms with E-state index >= 15 is 0 Å². The number of carbonyl (C=O) groups is 1. The Hall–Kier alpha value is -2.35. The molecule has 2 aromatic carbocycles. The van der Waals surface area contributed by atoms with Gasteiger partial charge in [-0.1, -0.05) is 36.3 Å². The van der Waals surface area contributed by atoms with Gasteiger partial charge in [0.25, 0.3) is 5.91 Å². The average molecular weight is 350 g/mol. The Morgan fingerprint density at radius 1 is 1.31 bits per heavy atom. The number of ether oxygens (including phenoxy) is 1. The second-order valence-corrected chi connectivity index (χ2v) is 6.90. The van der Waals surface area contributed by atoms with E-state index in [-0.39, 0.29) is 5.91 Å². The van der Waals surface area contributed by atoms with E-state index in [9.17, 15) is 4.79 Å². The van der Waals surface area contributed by atoms with Crippen LogP contribution < -0.4 is 0 Å². The number of methoxy groups -OCH3 is 1. The van der Waals surface area contributed by atoms with E-state index in [4.69, 9.17) is 11.2 Å². The second-order valence-electron chi connectivity index (χ2n) is 6.90. The molecule has 4 nitrogen and oxygen atoms in total. The van der Waals surface area contributed by atoms with Gasteiger partial charge in [0, 0.05) is 32.3 Å². The molecular formula is C22H26N2O2. The van der Waals surface area contributed by atoms with Gasteiger partial charge in [-0.3, -0.25) is 9.69 Å². The molecule has 1 atom stereocenters. The highest BCUT2D eigenvalue weighted by Crippen LogP contribution is 2.20. The van der Waals surface area contributed by atoms with Crippen LogP contribution in [-0.4, -0.2) is 62.1 Å². The summed E-state index contributed by atoms with van der Waals surface area (Å²) in [6, 6.07) is 14.0. The molecule has 1 saturated heterocycles. The van der Waals surface area contributed by atoms with Crippen LogP contribution in [0.2, 0.25) is 0 Å². The summed E-state index contributed by atoms with van der Waals surface area (Å²) in [6.45, 7) is 4.55. The number of likely N-dealkylation sites (tertiary alicyclic amines) is 1. The van der Waals surface area contributed by atoms with Gasteiger partial charge >= 0.3 is 0 Å². The minimum atomic E-state index is 0.0724. The predicted molar refractivity (Wildman–Crippen MR) is 105 cm³/mol. The Balaban J connectivity index is 1.73. The summed E-state index contributed by atoms with van der Waals surface area (Å²) in [4.78, 5) is 17.3. The molecule has 1 heterocycles. The van der Waals surface area contributed by atoms with Crippen LogP contribution in [0.5, 0.6) is 0 Å². The van der Waals surface area contributed by atoms with Crippen molar-refractivity contribution in [3.05, 3.63) is 48.0 Å². The molecular weight excluding hydrogens is 324 g/mol. The van der Waals surface area contributed by atoms with Gasteiger partial charge in [0.2, 0.25) is 0 Å². The van der Waals surface area contributed by atoms with Crippen molar-refractivity contribution < 1.29 is 9.53 Å². The third-order valence-corrected chi connectivity index (χ3v) is 5.01. The van der Waals surface area contributed by atoms with E-state index in [1.165, 1.54) is 0 Å². The number of terminal acetylenes is 1. The fourth-order valence-corrected chi connectivity index (χ4v) is 3.63. The predicted octanol–water partition coefficient (Wildman–Crippen LogP) is 2.88. The van der Waals surface area contributed by atoms with Gasteiger partial charge in [-0.05, 0) is 41.8 Å². The van der Waals surface area contributed by atoms with Crippen molar-refractivity contribution in [2.45, 2.75) is 6.42 Å². The van der Waals surface area contributed by atoms with Crippen molar-refractivity contribution in [2.75, 3.05) is 46.4 Å². The normalized spacial score (nSPS) is 17.3. The van der Waals surface area contributed by atoms with E-state index in [0.717, 1.165) is 42.4 Å². The number of benzene rings is 2. The van der Waals surface area contributed by atoms with Gasteiger partial charge in [0.05, 0.1) is 13.2 Å². The molecule has 1 aliphatic rings. The number of hydrogen-bond acceptors (Lipinski definition) is 3. The molecule has 4 heteroatoms. The van der Waals surface area contributed by atoms with Crippen LogP contribution in [0.4, 0.5) is 0 Å². The van der Waals surface area contributed by atoms with Crippen LogP contribution in [0.3, 0.4) is 0 Å². The molecule has 136 valence electrons. The maximum atomic E-state index is 13.1. The number of nitrogens with zero attached hydrogens (tertiary/aromatic N) is 2. The van der Waals surface area contributed by atoms with Gasteiger partial charge in [-0.15, -0.1) is 6.42 Å². The van der Waals surface area contributed by atoms with E-state index in [2.05, 4.69) is 16.9 Å². The zero-order valence-corrected chi connectivity index (χ0v) is 15.4. The number of fused-ring (bicyclic) bond motifs is 1. The molecule has 0 saturated carbocycles. The standard InChI is InChI=1S/C22H26N2O2/c1-3-11-23-12-10-18(16-23)17-24(13-14-26-2)22(25)21-9-8-19-6-4-5-7-20(19)15-21/h1,4-9,15,18H,10-14,16-17H2,2H3/t18-/m1/s1. The Morgan fingerprint density at radius 3 is 2.88 bits per heavy atom. The van der Waals surface area contributed by atoms with Crippen molar-refractivity contribution in [1.82, 2.24) is 9.80 Å². The third kappa shape index (κ3) is 4.43. The van der Waals surface area contributed by atoms with Crippen molar-refractivity contribution in [3.8, 4) is 12.3 Å². The zero-order chi connectivity index (χ0) is 18.4. The quantitative estimate of drug-likeness (QED) is 0.720. The Labute approximate surface area is 155 Å². The molecule has 0 unspecified atom stereocenters. The largest absolute Gasteiger partial charge is 0.383 e. The molecule has 26 heavy (non-hydrogen) atoms. The molecule has 0 aliphatic carbocycles. The minimum absolute atomic E-state index is 0.0724. The number of rotatable bonds is 7. The van der Waals surface area contributed by atoms with Gasteiger partial charge in [0.1, 0.15) is 0 Å². The highest BCUT2D eigenvalue weighted by molar-refractivity contribution is 5.98. The summed E-state index contributed by atoms with van der Waals surface area (Å²) in [6.07, 6.45) is 6.50. The van der Waals surface area contributed by atoms with Crippen molar-refractivity contribution in [2.24, 2.45) is 5.92 Å². The Morgan fingerprint density at radius 2 is 2.12 bits per heavy atom. The third-order valence-electron chi connectivity index (χ3n) is 5.01. The van der Waals surface area contributed by atoms with E-state index in [1.807, 2.05) is 41.3 Å². The topological polar surface area (TPSA) is 32.8 Å². The Bertz CT molecular complexity index is 796. The maximum Gasteiger partial charge on any atom is 0.253 e. The van der Waals surface area contributed by atoms with Crippen molar-refractivity contribution >= 4 is 16.7 Å². The molecule has 0 aromatic heterocycles. The molecule has 3 rings (SSSR count). The number of carbonyl (C=O) groups excluding carboxylic acids is 1. The lowest BCUT2D eigenvalue weighted by Crippen LogP contribution is -2.38. The fourth-order valence-electron chi connectivity index (χ4n) is 3.63. The van der Waals surface area contributed by atoms with E-state index in [0.29, 0.717) is 25.6 Å². The first kappa shape index (κ1) is 18.4. The van der Waals surface area contributed by atoms with E-state index < -0.39 is 0 Å². The van der Waals surface area contributed by atoms with Crippen LogP contribution in [-0.2, 0) is 4.74 Å². The van der Waals surface area contributed by atoms with Crippen LogP contribution in [0.1, 0.15) is 16.8 Å². The lowest BCUT2D eigenvalue weighted by Gasteiger charge is -2.26. The minimum Gasteiger partial charge on any atom is -0.383 e. The van der Waals surface area contributed by atoms with Gasteiger partial charge in [0.15, 0.2) is 0 Å². The van der Waals surface area contributed by atoms with Crippen LogP contribution in [0.15, 0.2) is 42.5 Å². The highest BCUT2D eigenvalue weighted by atomic mass is 16.5. The molecule has 0 radical (unpaired) electrons. The maximum absolute atomic E-state index is 13.1. The molecule has 1 fully saturated rings. The van der Waals surface area contributed by atoms with Gasteiger partial charge < -0.3 is 9.64 Å². The first-order valence-corrected chi connectivity index (χ1v) is 9.14. The average Bonchev–Trinajstić information content (AvgIpc) is 3.11. The van der Waals surface area contributed by atoms with Crippen molar-refractivity contribution in [1.29, 1.82) is 0 Å². The van der Waals surface area contributed by atoms with Crippen LogP contribution in [0, 0.1) is 18.3 Å². The first-order chi connectivity index (χ1) is 12.7. The monoisotopic (exact) mass is 350 g/mol. The number of hydrogen-bond donors (Lipinski definition) is 0. The fraction of sp³-hybridized carbons (Fsp3) is 0.409. The molecule has 1 aliphatic heterocycles. The molecule has 2 aromatic rings. The smallest absolute Gasteiger partial charge is 0.253 e. The van der Waals surface area contributed by atoms with E-state index in [1.54, 1.807) is 7.11 Å². The first-order valence-electron chi connectivity index (χ1n) is 9.14. The Kier molecular flexibility index (Phi) is 6.27. The molecule has 0 spiro atoms. The highest BCUT2D eigenvalue weighted by Gasteiger charge is 2.26. The van der Waals surface area contributed by atoms with Crippen LogP contribution >= 0.6 is 0 Å². The van der Waals surface area contributed by atoms with Gasteiger partial charge in [-0.2, -0.15) is 0 Å². The number of amides is 1. The summed E-state index contributed by atoms with van der Waals surface area (Å²) in [5.41, 5.74) is 0.735. The van der Waals surface area contributed by atoms with Crippen molar-refractivity contribution in [3.63, 3.8) is 0 Å².